The summed E-state index contributed by atoms with van der Waals surface area (Å²) < 4.78 is 6.18. The Hall–Kier alpha value is -2.74. The van der Waals surface area contributed by atoms with E-state index in [9.17, 15) is 0 Å². The molecule has 0 heterocycles. The van der Waals surface area contributed by atoms with Gasteiger partial charge in [-0.25, -0.2) is 0 Å². The highest BCUT2D eigenvalue weighted by atomic mass is 16.5. The molecule has 0 aromatic heterocycles. The van der Waals surface area contributed by atoms with Gasteiger partial charge in [0.15, 0.2) is 0 Å². The molecule has 3 aromatic carbocycles. The second-order valence-corrected chi connectivity index (χ2v) is 8.13. The molecular formula is C28H35NO. The fourth-order valence-electron chi connectivity index (χ4n) is 3.71. The van der Waals surface area contributed by atoms with Crippen LogP contribution in [0.5, 0.6) is 5.75 Å². The van der Waals surface area contributed by atoms with E-state index in [4.69, 9.17) is 4.74 Å². The molecule has 0 N–H and O–H groups in total. The summed E-state index contributed by atoms with van der Waals surface area (Å²) in [6.07, 6.45) is 7.67. The van der Waals surface area contributed by atoms with Crippen LogP contribution in [0.2, 0.25) is 0 Å². The van der Waals surface area contributed by atoms with Gasteiger partial charge < -0.3 is 9.64 Å². The fraction of sp³-hybridized carbons (Fsp3) is 0.357. The zero-order chi connectivity index (χ0) is 21.2. The lowest BCUT2D eigenvalue weighted by molar-refractivity contribution is 0.305. The van der Waals surface area contributed by atoms with Gasteiger partial charge in [0.25, 0.3) is 0 Å². The van der Waals surface area contributed by atoms with Crippen molar-refractivity contribution in [1.29, 1.82) is 0 Å². The fourth-order valence-corrected chi connectivity index (χ4v) is 3.71. The van der Waals surface area contributed by atoms with Crippen LogP contribution in [0.25, 0.3) is 22.3 Å². The maximum absolute atomic E-state index is 6.18. The molecule has 3 rings (SSSR count). The Morgan fingerprint density at radius 2 is 1.37 bits per heavy atom. The molecule has 0 saturated heterocycles. The molecule has 158 valence electrons. The van der Waals surface area contributed by atoms with Crippen LogP contribution in [-0.2, 0) is 0 Å². The lowest BCUT2D eigenvalue weighted by Gasteiger charge is -2.14. The molecule has 2 heteroatoms. The second-order valence-electron chi connectivity index (χ2n) is 8.13. The van der Waals surface area contributed by atoms with E-state index in [0.717, 1.165) is 24.3 Å². The van der Waals surface area contributed by atoms with Gasteiger partial charge in [-0.15, -0.1) is 0 Å². The van der Waals surface area contributed by atoms with E-state index in [-0.39, 0.29) is 0 Å². The maximum Gasteiger partial charge on any atom is 0.127 e. The van der Waals surface area contributed by atoms with Crippen LogP contribution in [-0.4, -0.2) is 20.7 Å². The molecular weight excluding hydrogens is 366 g/mol. The van der Waals surface area contributed by atoms with E-state index in [1.807, 2.05) is 0 Å². The zero-order valence-electron chi connectivity index (χ0n) is 18.7. The minimum atomic E-state index is 0.787. The Bertz CT molecular complexity index is 899. The summed E-state index contributed by atoms with van der Waals surface area (Å²) in [5.74, 6) is 0.978. The topological polar surface area (TPSA) is 12.5 Å². The quantitative estimate of drug-likeness (QED) is 0.304. The third-order valence-electron chi connectivity index (χ3n) is 5.53. The summed E-state index contributed by atoms with van der Waals surface area (Å²) in [6.45, 7) is 3.04. The lowest BCUT2D eigenvalue weighted by atomic mass is 9.98. The number of ether oxygens (including phenoxy) is 1. The number of nitrogens with zero attached hydrogens (tertiary/aromatic N) is 1. The van der Waals surface area contributed by atoms with E-state index in [0.29, 0.717) is 0 Å². The smallest absolute Gasteiger partial charge is 0.127 e. The summed E-state index contributed by atoms with van der Waals surface area (Å²) in [7, 11) is 4.13. The molecule has 0 aliphatic heterocycles. The van der Waals surface area contributed by atoms with Crippen molar-refractivity contribution in [1.82, 2.24) is 0 Å². The first-order chi connectivity index (χ1) is 14.7. The minimum Gasteiger partial charge on any atom is -0.493 e. The zero-order valence-corrected chi connectivity index (χ0v) is 18.7. The van der Waals surface area contributed by atoms with Gasteiger partial charge in [0.05, 0.1) is 6.61 Å². The molecule has 0 spiro atoms. The second kappa shape index (κ2) is 11.4. The van der Waals surface area contributed by atoms with Crippen molar-refractivity contribution in [2.45, 2.75) is 45.4 Å². The third-order valence-corrected chi connectivity index (χ3v) is 5.53. The first kappa shape index (κ1) is 22.0. The third kappa shape index (κ3) is 6.13. The molecule has 0 amide bonds. The predicted molar refractivity (Wildman–Crippen MR) is 131 cm³/mol. The Morgan fingerprint density at radius 3 is 2.13 bits per heavy atom. The Labute approximate surface area is 182 Å². The lowest BCUT2D eigenvalue weighted by Crippen LogP contribution is -2.07. The first-order valence-electron chi connectivity index (χ1n) is 11.3. The Morgan fingerprint density at radius 1 is 0.667 bits per heavy atom. The van der Waals surface area contributed by atoms with Crippen molar-refractivity contribution in [2.75, 3.05) is 25.6 Å². The Kier molecular flexibility index (Phi) is 8.38. The number of benzene rings is 3. The molecule has 0 aliphatic rings. The molecule has 2 nitrogen and oxygen atoms in total. The molecule has 0 radical (unpaired) electrons. The number of hydrogen-bond acceptors (Lipinski definition) is 2. The summed E-state index contributed by atoms with van der Waals surface area (Å²) in [4.78, 5) is 2.12. The molecule has 30 heavy (non-hydrogen) atoms. The van der Waals surface area contributed by atoms with Crippen molar-refractivity contribution in [3.8, 4) is 28.0 Å². The average molecular weight is 402 g/mol. The van der Waals surface area contributed by atoms with Gasteiger partial charge in [-0.1, -0.05) is 87.6 Å². The highest BCUT2D eigenvalue weighted by Crippen LogP contribution is 2.33. The van der Waals surface area contributed by atoms with Gasteiger partial charge in [-0.05, 0) is 47.4 Å². The van der Waals surface area contributed by atoms with E-state index in [1.54, 1.807) is 0 Å². The standard InChI is InChI=1S/C28H35NO/c1-4-5-6-7-8-11-21-30-28-16-10-9-15-27(28)25-14-12-13-24(22-25)23-17-19-26(20-18-23)29(2)3/h9-10,12-20,22H,4-8,11,21H2,1-3H3. The SMILES string of the molecule is CCCCCCCCOc1ccccc1-c1cccc(-c2ccc(N(C)C)cc2)c1. The summed E-state index contributed by atoms with van der Waals surface area (Å²) in [5.41, 5.74) is 6.03. The molecule has 3 aromatic rings. The van der Waals surface area contributed by atoms with E-state index >= 15 is 0 Å². The van der Waals surface area contributed by atoms with Crippen LogP contribution in [0, 0.1) is 0 Å². The maximum atomic E-state index is 6.18. The molecule has 0 atom stereocenters. The van der Waals surface area contributed by atoms with Gasteiger partial charge in [-0.2, -0.15) is 0 Å². The number of rotatable bonds is 11. The van der Waals surface area contributed by atoms with Gasteiger partial charge in [0.1, 0.15) is 5.75 Å². The van der Waals surface area contributed by atoms with Crippen LogP contribution < -0.4 is 9.64 Å². The van der Waals surface area contributed by atoms with Crippen molar-refractivity contribution < 1.29 is 4.74 Å². The normalized spacial score (nSPS) is 10.8. The average Bonchev–Trinajstić information content (AvgIpc) is 2.79. The highest BCUT2D eigenvalue weighted by molar-refractivity contribution is 5.76. The van der Waals surface area contributed by atoms with Crippen molar-refractivity contribution in [3.63, 3.8) is 0 Å². The molecule has 0 unspecified atom stereocenters. The first-order valence-corrected chi connectivity index (χ1v) is 11.3. The van der Waals surface area contributed by atoms with E-state index < -0.39 is 0 Å². The largest absolute Gasteiger partial charge is 0.493 e. The van der Waals surface area contributed by atoms with Gasteiger partial charge >= 0.3 is 0 Å². The number of hydrogen-bond donors (Lipinski definition) is 0. The van der Waals surface area contributed by atoms with Gasteiger partial charge in [0.2, 0.25) is 0 Å². The monoisotopic (exact) mass is 401 g/mol. The Balaban J connectivity index is 1.69. The minimum absolute atomic E-state index is 0.787. The number of para-hydroxylation sites is 1. The van der Waals surface area contributed by atoms with Crippen LogP contribution in [0.15, 0.2) is 72.8 Å². The highest BCUT2D eigenvalue weighted by Gasteiger charge is 2.08. The summed E-state index contributed by atoms with van der Waals surface area (Å²) >= 11 is 0. The molecule has 0 fully saturated rings. The predicted octanol–water partition coefficient (Wildman–Crippen LogP) is 7.83. The van der Waals surface area contributed by atoms with E-state index in [2.05, 4.69) is 98.7 Å². The van der Waals surface area contributed by atoms with Crippen LogP contribution in [0.1, 0.15) is 45.4 Å². The van der Waals surface area contributed by atoms with Gasteiger partial charge in [0, 0.05) is 25.3 Å². The number of unbranched alkanes of at least 4 members (excludes halogenated alkanes) is 5. The van der Waals surface area contributed by atoms with Crippen LogP contribution in [0.3, 0.4) is 0 Å². The molecule has 0 aliphatic carbocycles. The van der Waals surface area contributed by atoms with Crippen LogP contribution >= 0.6 is 0 Å². The van der Waals surface area contributed by atoms with Gasteiger partial charge in [-0.3, -0.25) is 0 Å². The van der Waals surface area contributed by atoms with Crippen LogP contribution in [0.4, 0.5) is 5.69 Å². The van der Waals surface area contributed by atoms with Crippen molar-refractivity contribution in [2.24, 2.45) is 0 Å². The number of anilines is 1. The van der Waals surface area contributed by atoms with E-state index in [1.165, 1.54) is 54.5 Å². The van der Waals surface area contributed by atoms with Crippen molar-refractivity contribution >= 4 is 5.69 Å². The molecule has 0 bridgehead atoms. The summed E-state index contributed by atoms with van der Waals surface area (Å²) in [6, 6.07) is 25.8. The summed E-state index contributed by atoms with van der Waals surface area (Å²) in [5, 5.41) is 0. The molecule has 0 saturated carbocycles. The van der Waals surface area contributed by atoms with Crippen molar-refractivity contribution in [3.05, 3.63) is 72.8 Å².